The Balaban J connectivity index is 1.49. The normalized spacial score (nSPS) is 17.9. The summed E-state index contributed by atoms with van der Waals surface area (Å²) in [5, 5.41) is 8.18. The molecule has 3 heterocycles. The first-order valence-electron chi connectivity index (χ1n) is 10.1. The number of hydrogen-bond acceptors (Lipinski definition) is 4. The molecule has 8 heteroatoms. The summed E-state index contributed by atoms with van der Waals surface area (Å²) in [6.45, 7) is 2.92. The van der Waals surface area contributed by atoms with Crippen molar-refractivity contribution in [3.8, 4) is 11.3 Å². The predicted octanol–water partition coefficient (Wildman–Crippen LogP) is 4.32. The van der Waals surface area contributed by atoms with Crippen LogP contribution in [0.3, 0.4) is 0 Å². The van der Waals surface area contributed by atoms with Gasteiger partial charge in [0, 0.05) is 49.4 Å². The Kier molecular flexibility index (Phi) is 4.65. The first-order valence-corrected chi connectivity index (χ1v) is 10.1. The number of nitrogens with zero attached hydrogens (tertiary/aromatic N) is 4. The molecule has 0 bridgehead atoms. The van der Waals surface area contributed by atoms with Crippen LogP contribution < -0.4 is 0 Å². The molecule has 0 aliphatic carbocycles. The molecule has 0 spiro atoms. The fourth-order valence-electron chi connectivity index (χ4n) is 4.38. The second kappa shape index (κ2) is 7.40. The molecule has 4 aromatic rings. The van der Waals surface area contributed by atoms with E-state index in [-0.39, 0.29) is 22.9 Å². The largest absolute Gasteiger partial charge is 0.355 e. The maximum Gasteiger partial charge on any atom is 0.276 e. The molecule has 6 nitrogen and oxygen atoms in total. The number of carbonyl (C=O) groups is 1. The van der Waals surface area contributed by atoms with Gasteiger partial charge < -0.3 is 9.42 Å². The fourth-order valence-corrected chi connectivity index (χ4v) is 4.38. The van der Waals surface area contributed by atoms with Crippen LogP contribution in [0.1, 0.15) is 34.1 Å². The van der Waals surface area contributed by atoms with Gasteiger partial charge >= 0.3 is 0 Å². The van der Waals surface area contributed by atoms with E-state index in [1.807, 2.05) is 37.6 Å². The van der Waals surface area contributed by atoms with E-state index < -0.39 is 17.0 Å². The Morgan fingerprint density at radius 1 is 1.16 bits per heavy atom. The van der Waals surface area contributed by atoms with Gasteiger partial charge in [0.1, 0.15) is 11.6 Å². The summed E-state index contributed by atoms with van der Waals surface area (Å²) in [5.41, 5.74) is 2.82. The van der Waals surface area contributed by atoms with Crippen LogP contribution in [-0.4, -0.2) is 32.3 Å². The molecule has 1 unspecified atom stereocenters. The SMILES string of the molecule is Cn1cc(C2(C)CN(C(=O)c3cc(-c4ccc(F)cc4F)on3)Cc3ccccc32)cn1. The van der Waals surface area contributed by atoms with E-state index in [1.165, 1.54) is 12.1 Å². The van der Waals surface area contributed by atoms with Crippen LogP contribution in [0.25, 0.3) is 11.3 Å². The van der Waals surface area contributed by atoms with Gasteiger partial charge in [0.15, 0.2) is 11.5 Å². The van der Waals surface area contributed by atoms with Crippen molar-refractivity contribution >= 4 is 5.91 Å². The summed E-state index contributed by atoms with van der Waals surface area (Å²) in [6.07, 6.45) is 3.77. The number of aryl methyl sites for hydroxylation is 1. The van der Waals surface area contributed by atoms with Gasteiger partial charge in [-0.05, 0) is 30.2 Å². The number of aromatic nitrogens is 3. The summed E-state index contributed by atoms with van der Waals surface area (Å²) in [5.74, 6) is -1.73. The van der Waals surface area contributed by atoms with E-state index in [0.29, 0.717) is 13.1 Å². The van der Waals surface area contributed by atoms with Crippen LogP contribution in [-0.2, 0) is 19.0 Å². The molecule has 0 saturated heterocycles. The number of amides is 1. The predicted molar refractivity (Wildman–Crippen MR) is 113 cm³/mol. The van der Waals surface area contributed by atoms with Crippen LogP contribution in [0.4, 0.5) is 8.78 Å². The molecule has 0 radical (unpaired) electrons. The van der Waals surface area contributed by atoms with Gasteiger partial charge in [-0.15, -0.1) is 0 Å². The molecular weight excluding hydrogens is 414 g/mol. The van der Waals surface area contributed by atoms with Crippen molar-refractivity contribution < 1.29 is 18.1 Å². The maximum atomic E-state index is 14.1. The van der Waals surface area contributed by atoms with E-state index in [0.717, 1.165) is 28.8 Å². The highest BCUT2D eigenvalue weighted by atomic mass is 19.1. The van der Waals surface area contributed by atoms with Crippen molar-refractivity contribution in [3.63, 3.8) is 0 Å². The highest BCUT2D eigenvalue weighted by Crippen LogP contribution is 2.39. The molecular formula is C24H20F2N4O2. The maximum absolute atomic E-state index is 14.1. The summed E-state index contributed by atoms with van der Waals surface area (Å²) < 4.78 is 34.3. The van der Waals surface area contributed by atoms with Crippen LogP contribution in [0.5, 0.6) is 0 Å². The minimum absolute atomic E-state index is 0.0436. The average Bonchev–Trinajstić information content (AvgIpc) is 3.43. The zero-order valence-electron chi connectivity index (χ0n) is 17.5. The van der Waals surface area contributed by atoms with Gasteiger partial charge in [-0.1, -0.05) is 29.4 Å². The van der Waals surface area contributed by atoms with Crippen LogP contribution in [0.2, 0.25) is 0 Å². The van der Waals surface area contributed by atoms with Gasteiger partial charge in [-0.2, -0.15) is 5.10 Å². The van der Waals surface area contributed by atoms with Gasteiger partial charge in [0.2, 0.25) is 0 Å². The Bertz CT molecular complexity index is 1330. The first-order chi connectivity index (χ1) is 15.3. The molecule has 1 atom stereocenters. The third-order valence-corrected chi connectivity index (χ3v) is 6.04. The zero-order valence-corrected chi connectivity index (χ0v) is 17.5. The molecule has 0 saturated carbocycles. The van der Waals surface area contributed by atoms with Gasteiger partial charge in [0.25, 0.3) is 5.91 Å². The lowest BCUT2D eigenvalue weighted by atomic mass is 9.73. The van der Waals surface area contributed by atoms with Gasteiger partial charge in [-0.3, -0.25) is 9.48 Å². The molecule has 162 valence electrons. The smallest absolute Gasteiger partial charge is 0.276 e. The summed E-state index contributed by atoms with van der Waals surface area (Å²) in [4.78, 5) is 15.1. The molecule has 1 amide bonds. The second-order valence-electron chi connectivity index (χ2n) is 8.25. The second-order valence-corrected chi connectivity index (χ2v) is 8.25. The number of halogens is 2. The van der Waals surface area contributed by atoms with Crippen molar-refractivity contribution in [1.29, 1.82) is 0 Å². The Morgan fingerprint density at radius 3 is 2.72 bits per heavy atom. The minimum atomic E-state index is -0.781. The van der Waals surface area contributed by atoms with Crippen molar-refractivity contribution in [1.82, 2.24) is 19.8 Å². The van der Waals surface area contributed by atoms with Crippen molar-refractivity contribution in [2.24, 2.45) is 7.05 Å². The van der Waals surface area contributed by atoms with Crippen LogP contribution in [0, 0.1) is 11.6 Å². The molecule has 5 rings (SSSR count). The molecule has 32 heavy (non-hydrogen) atoms. The van der Waals surface area contributed by atoms with E-state index in [4.69, 9.17) is 4.52 Å². The van der Waals surface area contributed by atoms with Gasteiger partial charge in [0.05, 0.1) is 11.8 Å². The molecule has 0 N–H and O–H groups in total. The third kappa shape index (κ3) is 3.28. The lowest BCUT2D eigenvalue weighted by molar-refractivity contribution is 0.0685. The van der Waals surface area contributed by atoms with Crippen LogP contribution >= 0.6 is 0 Å². The molecule has 0 fully saturated rings. The quantitative estimate of drug-likeness (QED) is 0.482. The number of rotatable bonds is 3. The minimum Gasteiger partial charge on any atom is -0.355 e. The third-order valence-electron chi connectivity index (χ3n) is 6.04. The van der Waals surface area contributed by atoms with Crippen molar-refractivity contribution in [2.75, 3.05) is 6.54 Å². The number of hydrogen-bond donors (Lipinski definition) is 0. The van der Waals surface area contributed by atoms with Crippen molar-refractivity contribution in [2.45, 2.75) is 18.9 Å². The molecule has 1 aliphatic rings. The fraction of sp³-hybridized carbons (Fsp3) is 0.208. The Morgan fingerprint density at radius 2 is 1.97 bits per heavy atom. The molecule has 1 aliphatic heterocycles. The van der Waals surface area contributed by atoms with Crippen molar-refractivity contribution in [3.05, 3.63) is 94.9 Å². The Hall–Kier alpha value is -3.81. The highest BCUT2D eigenvalue weighted by molar-refractivity contribution is 5.93. The average molecular weight is 434 g/mol. The topological polar surface area (TPSA) is 64.2 Å². The summed E-state index contributed by atoms with van der Waals surface area (Å²) in [7, 11) is 1.86. The zero-order chi connectivity index (χ0) is 22.5. The highest BCUT2D eigenvalue weighted by Gasteiger charge is 2.40. The lowest BCUT2D eigenvalue weighted by Crippen LogP contribution is -2.47. The molecule has 2 aromatic carbocycles. The van der Waals surface area contributed by atoms with E-state index in [2.05, 4.69) is 23.2 Å². The first kappa shape index (κ1) is 20.1. The number of fused-ring (bicyclic) bond motifs is 1. The number of carbonyl (C=O) groups excluding carboxylic acids is 1. The van der Waals surface area contributed by atoms with E-state index >= 15 is 0 Å². The number of benzene rings is 2. The lowest BCUT2D eigenvalue weighted by Gasteiger charge is -2.41. The van der Waals surface area contributed by atoms with Gasteiger partial charge in [-0.25, -0.2) is 8.78 Å². The Labute approximate surface area is 183 Å². The monoisotopic (exact) mass is 434 g/mol. The molecule has 2 aromatic heterocycles. The van der Waals surface area contributed by atoms with E-state index in [1.54, 1.807) is 9.58 Å². The summed E-state index contributed by atoms with van der Waals surface area (Å²) >= 11 is 0. The standard InChI is InChI=1S/C24H20F2N4O2/c1-24(16-11-27-29(2)13-16)14-30(12-15-5-3-4-6-19(15)24)23(31)21-10-22(32-28-21)18-8-7-17(25)9-20(18)26/h3-11,13H,12,14H2,1-2H3. The summed E-state index contributed by atoms with van der Waals surface area (Å²) in [6, 6.07) is 12.6. The van der Waals surface area contributed by atoms with Crippen LogP contribution in [0.15, 0.2) is 65.4 Å². The van der Waals surface area contributed by atoms with E-state index in [9.17, 15) is 13.6 Å².